The van der Waals surface area contributed by atoms with Crippen LogP contribution in [0, 0.1) is 16.0 Å². The number of aliphatic hydroxyl groups excluding tert-OH is 1. The molecule has 0 fully saturated rings. The van der Waals surface area contributed by atoms with Crippen molar-refractivity contribution in [2.75, 3.05) is 19.7 Å². The molecular formula is C13H16N2O6. The van der Waals surface area contributed by atoms with E-state index >= 15 is 0 Å². The average Bonchev–Trinajstić information content (AvgIpc) is 2.45. The third-order valence-corrected chi connectivity index (χ3v) is 2.90. The molecule has 0 saturated carbocycles. The van der Waals surface area contributed by atoms with Crippen molar-refractivity contribution in [3.63, 3.8) is 0 Å². The summed E-state index contributed by atoms with van der Waals surface area (Å²) >= 11 is 0. The highest BCUT2D eigenvalue weighted by Crippen LogP contribution is 2.14. The fourth-order valence-electron chi connectivity index (χ4n) is 1.71. The molecule has 0 heterocycles. The van der Waals surface area contributed by atoms with Crippen molar-refractivity contribution in [2.24, 2.45) is 5.92 Å². The van der Waals surface area contributed by atoms with E-state index in [4.69, 9.17) is 10.2 Å². The Morgan fingerprint density at radius 1 is 1.33 bits per heavy atom. The van der Waals surface area contributed by atoms with E-state index < -0.39 is 22.7 Å². The monoisotopic (exact) mass is 296 g/mol. The van der Waals surface area contributed by atoms with Gasteiger partial charge in [-0.15, -0.1) is 0 Å². The lowest BCUT2D eigenvalue weighted by atomic mass is 10.1. The molecule has 114 valence electrons. The number of amides is 1. The molecule has 0 aliphatic heterocycles. The zero-order valence-corrected chi connectivity index (χ0v) is 11.4. The van der Waals surface area contributed by atoms with Crippen molar-refractivity contribution in [1.29, 1.82) is 0 Å². The van der Waals surface area contributed by atoms with E-state index in [0.29, 0.717) is 0 Å². The van der Waals surface area contributed by atoms with Gasteiger partial charge in [0.25, 0.3) is 11.6 Å². The lowest BCUT2D eigenvalue weighted by molar-refractivity contribution is -0.384. The Labute approximate surface area is 120 Å². The number of carbonyl (C=O) groups is 2. The number of rotatable bonds is 7. The van der Waals surface area contributed by atoms with Crippen LogP contribution in [0.15, 0.2) is 24.3 Å². The Balaban J connectivity index is 2.89. The predicted molar refractivity (Wildman–Crippen MR) is 72.9 cm³/mol. The van der Waals surface area contributed by atoms with Crippen molar-refractivity contribution in [1.82, 2.24) is 4.90 Å². The Morgan fingerprint density at radius 3 is 2.33 bits per heavy atom. The summed E-state index contributed by atoms with van der Waals surface area (Å²) in [5.74, 6) is -2.31. The molecule has 1 atom stereocenters. The molecule has 0 aliphatic carbocycles. The summed E-state index contributed by atoms with van der Waals surface area (Å²) in [6.45, 7) is 1.10. The van der Waals surface area contributed by atoms with E-state index in [1.54, 1.807) is 0 Å². The smallest absolute Gasteiger partial charge is 0.308 e. The van der Waals surface area contributed by atoms with Crippen molar-refractivity contribution in [3.05, 3.63) is 39.9 Å². The standard InChI is InChI=1S/C13H16N2O6/c1-9(13(18)19)8-14(6-7-16)12(17)10-2-4-11(5-3-10)15(20)21/h2-5,9,16H,6-8H2,1H3,(H,18,19). The molecule has 1 aromatic rings. The SMILES string of the molecule is CC(CN(CCO)C(=O)c1ccc([N+](=O)[O-])cc1)C(=O)O. The normalized spacial score (nSPS) is 11.7. The van der Waals surface area contributed by atoms with Crippen LogP contribution in [0.2, 0.25) is 0 Å². The minimum atomic E-state index is -1.05. The summed E-state index contributed by atoms with van der Waals surface area (Å²) < 4.78 is 0. The molecule has 8 heteroatoms. The second-order valence-electron chi connectivity index (χ2n) is 4.52. The number of aliphatic carboxylic acids is 1. The molecule has 0 radical (unpaired) electrons. The van der Waals surface area contributed by atoms with Crippen molar-refractivity contribution in [3.8, 4) is 0 Å². The van der Waals surface area contributed by atoms with Gasteiger partial charge in [-0.05, 0) is 12.1 Å². The molecule has 0 saturated heterocycles. The molecule has 2 N–H and O–H groups in total. The highest BCUT2D eigenvalue weighted by molar-refractivity contribution is 5.94. The van der Waals surface area contributed by atoms with Gasteiger partial charge >= 0.3 is 5.97 Å². The topological polar surface area (TPSA) is 121 Å². The summed E-state index contributed by atoms with van der Waals surface area (Å²) in [5, 5.41) is 28.4. The van der Waals surface area contributed by atoms with Gasteiger partial charge in [0.2, 0.25) is 0 Å². The van der Waals surface area contributed by atoms with Gasteiger partial charge in [0.05, 0.1) is 17.4 Å². The molecule has 0 spiro atoms. The van der Waals surface area contributed by atoms with Gasteiger partial charge in [0.15, 0.2) is 0 Å². The first-order chi connectivity index (χ1) is 9.86. The van der Waals surface area contributed by atoms with E-state index in [2.05, 4.69) is 0 Å². The van der Waals surface area contributed by atoms with Gasteiger partial charge in [-0.2, -0.15) is 0 Å². The van der Waals surface area contributed by atoms with Crippen LogP contribution in [0.5, 0.6) is 0 Å². The number of hydrogen-bond acceptors (Lipinski definition) is 5. The van der Waals surface area contributed by atoms with Gasteiger partial charge in [-0.25, -0.2) is 0 Å². The van der Waals surface area contributed by atoms with Crippen molar-refractivity contribution >= 4 is 17.6 Å². The second-order valence-corrected chi connectivity index (χ2v) is 4.52. The van der Waals surface area contributed by atoms with Gasteiger partial charge in [-0.1, -0.05) is 6.92 Å². The maximum absolute atomic E-state index is 12.2. The first-order valence-corrected chi connectivity index (χ1v) is 6.24. The number of hydrogen-bond donors (Lipinski definition) is 2. The zero-order valence-electron chi connectivity index (χ0n) is 11.4. The van der Waals surface area contributed by atoms with Crippen LogP contribution in [0.1, 0.15) is 17.3 Å². The van der Waals surface area contributed by atoms with Crippen LogP contribution in [0.4, 0.5) is 5.69 Å². The molecule has 0 bridgehead atoms. The molecule has 0 aliphatic rings. The highest BCUT2D eigenvalue weighted by Gasteiger charge is 2.21. The fraction of sp³-hybridized carbons (Fsp3) is 0.385. The Hall–Kier alpha value is -2.48. The van der Waals surface area contributed by atoms with E-state index in [1.165, 1.54) is 36.1 Å². The number of aliphatic hydroxyl groups is 1. The van der Waals surface area contributed by atoms with Crippen LogP contribution < -0.4 is 0 Å². The summed E-state index contributed by atoms with van der Waals surface area (Å²) in [6.07, 6.45) is 0. The molecule has 21 heavy (non-hydrogen) atoms. The number of carboxylic acid groups (broad SMARTS) is 1. The van der Waals surface area contributed by atoms with Crippen molar-refractivity contribution in [2.45, 2.75) is 6.92 Å². The summed E-state index contributed by atoms with van der Waals surface area (Å²) in [7, 11) is 0. The molecule has 1 rings (SSSR count). The molecule has 0 aromatic heterocycles. The molecular weight excluding hydrogens is 280 g/mol. The van der Waals surface area contributed by atoms with Gasteiger partial charge in [-0.3, -0.25) is 19.7 Å². The van der Waals surface area contributed by atoms with E-state index in [1.807, 2.05) is 0 Å². The Morgan fingerprint density at radius 2 is 1.90 bits per heavy atom. The van der Waals surface area contributed by atoms with Gasteiger partial charge < -0.3 is 15.1 Å². The zero-order chi connectivity index (χ0) is 16.0. The van der Waals surface area contributed by atoms with E-state index in [0.717, 1.165) is 0 Å². The third-order valence-electron chi connectivity index (χ3n) is 2.90. The summed E-state index contributed by atoms with van der Waals surface area (Å²) in [4.78, 5) is 34.3. The number of carbonyl (C=O) groups excluding carboxylic acids is 1. The maximum Gasteiger partial charge on any atom is 0.308 e. The minimum Gasteiger partial charge on any atom is -0.481 e. The number of nitrogens with zero attached hydrogens (tertiary/aromatic N) is 2. The summed E-state index contributed by atoms with van der Waals surface area (Å²) in [6, 6.07) is 5.00. The first kappa shape index (κ1) is 16.6. The maximum atomic E-state index is 12.2. The van der Waals surface area contributed by atoms with Crippen molar-refractivity contribution < 1.29 is 24.7 Å². The number of nitro groups is 1. The number of carboxylic acids is 1. The lowest BCUT2D eigenvalue weighted by Gasteiger charge is -2.23. The van der Waals surface area contributed by atoms with E-state index in [9.17, 15) is 19.7 Å². The van der Waals surface area contributed by atoms with Crippen LogP contribution in [0.3, 0.4) is 0 Å². The predicted octanol–water partition coefficient (Wildman–Crippen LogP) is 0.750. The van der Waals surface area contributed by atoms with Gasteiger partial charge in [0, 0.05) is 30.8 Å². The van der Waals surface area contributed by atoms with Gasteiger partial charge in [0.1, 0.15) is 0 Å². The quantitative estimate of drug-likeness (QED) is 0.565. The van der Waals surface area contributed by atoms with Crippen LogP contribution in [0.25, 0.3) is 0 Å². The number of non-ortho nitro benzene ring substituents is 1. The molecule has 1 amide bonds. The lowest BCUT2D eigenvalue weighted by Crippen LogP contribution is -2.38. The summed E-state index contributed by atoms with van der Waals surface area (Å²) in [5.41, 5.74) is 0.0609. The Bertz CT molecular complexity index is 528. The average molecular weight is 296 g/mol. The number of nitro benzene ring substituents is 1. The highest BCUT2D eigenvalue weighted by atomic mass is 16.6. The fourth-order valence-corrected chi connectivity index (χ4v) is 1.71. The third kappa shape index (κ3) is 4.53. The minimum absolute atomic E-state index is 0.00651. The number of benzene rings is 1. The molecule has 1 unspecified atom stereocenters. The van der Waals surface area contributed by atoms with Crippen LogP contribution in [-0.4, -0.2) is 51.6 Å². The van der Waals surface area contributed by atoms with E-state index in [-0.39, 0.29) is 30.9 Å². The van der Waals surface area contributed by atoms with Crippen LogP contribution >= 0.6 is 0 Å². The Kier molecular flexibility index (Phi) is 5.79. The molecule has 8 nitrogen and oxygen atoms in total. The second kappa shape index (κ2) is 7.34. The largest absolute Gasteiger partial charge is 0.481 e. The first-order valence-electron chi connectivity index (χ1n) is 6.24. The van der Waals surface area contributed by atoms with Crippen LogP contribution in [-0.2, 0) is 4.79 Å². The molecule has 1 aromatic carbocycles.